The molecular formula is C15H21N5O. The predicted molar refractivity (Wildman–Crippen MR) is 84.3 cm³/mol. The van der Waals surface area contributed by atoms with Gasteiger partial charge >= 0.3 is 0 Å². The fourth-order valence-electron chi connectivity index (χ4n) is 2.35. The first-order valence-corrected chi connectivity index (χ1v) is 6.84. The number of nitrogen functional groups attached to an aromatic ring is 1. The largest absolute Gasteiger partial charge is 0.496 e. The maximum atomic E-state index is 5.51. The molecule has 0 amide bonds. The molecule has 6 nitrogen and oxygen atoms in total. The van der Waals surface area contributed by atoms with Gasteiger partial charge in [0.1, 0.15) is 23.7 Å². The molecule has 0 unspecified atom stereocenters. The van der Waals surface area contributed by atoms with Crippen LogP contribution in [-0.2, 0) is 13.0 Å². The summed E-state index contributed by atoms with van der Waals surface area (Å²) in [6.45, 7) is 2.75. The van der Waals surface area contributed by atoms with Crippen molar-refractivity contribution in [2.75, 3.05) is 24.5 Å². The van der Waals surface area contributed by atoms with Crippen molar-refractivity contribution in [2.24, 2.45) is 5.84 Å². The Balaban J connectivity index is 2.30. The molecule has 0 atom stereocenters. The fourth-order valence-corrected chi connectivity index (χ4v) is 2.35. The predicted octanol–water partition coefficient (Wildman–Crippen LogP) is 1.97. The first-order valence-electron chi connectivity index (χ1n) is 6.84. The summed E-state index contributed by atoms with van der Waals surface area (Å²) in [6.07, 6.45) is 2.31. The Morgan fingerprint density at radius 2 is 2.05 bits per heavy atom. The van der Waals surface area contributed by atoms with Crippen molar-refractivity contribution in [1.29, 1.82) is 0 Å². The molecule has 0 fully saturated rings. The number of hydrogen-bond donors (Lipinski definition) is 2. The van der Waals surface area contributed by atoms with Crippen LogP contribution in [0.5, 0.6) is 5.75 Å². The molecule has 3 N–H and O–H groups in total. The number of ether oxygens (including phenoxy) is 1. The van der Waals surface area contributed by atoms with Crippen molar-refractivity contribution in [2.45, 2.75) is 19.9 Å². The van der Waals surface area contributed by atoms with Crippen molar-refractivity contribution in [3.63, 3.8) is 0 Å². The molecule has 0 radical (unpaired) electrons. The van der Waals surface area contributed by atoms with E-state index in [2.05, 4.69) is 27.2 Å². The summed E-state index contributed by atoms with van der Waals surface area (Å²) < 4.78 is 5.39. The molecule has 21 heavy (non-hydrogen) atoms. The van der Waals surface area contributed by atoms with E-state index in [0.29, 0.717) is 12.4 Å². The fraction of sp³-hybridized carbons (Fsp3) is 0.333. The van der Waals surface area contributed by atoms with Gasteiger partial charge in [0.15, 0.2) is 0 Å². The minimum atomic E-state index is 0.661. The SMILES string of the molecule is CCc1c(NN)ncnc1N(C)Cc1ccccc1OC. The zero-order valence-corrected chi connectivity index (χ0v) is 12.6. The van der Waals surface area contributed by atoms with Gasteiger partial charge in [0.05, 0.1) is 7.11 Å². The summed E-state index contributed by atoms with van der Waals surface area (Å²) in [4.78, 5) is 10.6. The van der Waals surface area contributed by atoms with Crippen molar-refractivity contribution in [3.05, 3.63) is 41.7 Å². The Morgan fingerprint density at radius 3 is 2.71 bits per heavy atom. The second-order valence-corrected chi connectivity index (χ2v) is 4.69. The van der Waals surface area contributed by atoms with Gasteiger partial charge < -0.3 is 15.1 Å². The summed E-state index contributed by atoms with van der Waals surface area (Å²) in [7, 11) is 3.67. The maximum Gasteiger partial charge on any atom is 0.148 e. The highest BCUT2D eigenvalue weighted by atomic mass is 16.5. The number of rotatable bonds is 6. The number of para-hydroxylation sites is 1. The van der Waals surface area contributed by atoms with E-state index in [1.165, 1.54) is 6.33 Å². The van der Waals surface area contributed by atoms with Crippen LogP contribution in [0.25, 0.3) is 0 Å². The Hall–Kier alpha value is -2.34. The van der Waals surface area contributed by atoms with Gasteiger partial charge in [-0.1, -0.05) is 25.1 Å². The molecule has 2 aromatic rings. The van der Waals surface area contributed by atoms with Crippen LogP contribution in [-0.4, -0.2) is 24.1 Å². The van der Waals surface area contributed by atoms with Crippen molar-refractivity contribution < 1.29 is 4.74 Å². The van der Waals surface area contributed by atoms with Gasteiger partial charge in [0.2, 0.25) is 0 Å². The number of nitrogens with one attached hydrogen (secondary N) is 1. The van der Waals surface area contributed by atoms with E-state index in [9.17, 15) is 0 Å². The Labute approximate surface area is 124 Å². The quantitative estimate of drug-likeness (QED) is 0.625. The van der Waals surface area contributed by atoms with E-state index in [1.807, 2.05) is 31.3 Å². The second-order valence-electron chi connectivity index (χ2n) is 4.69. The highest BCUT2D eigenvalue weighted by Crippen LogP contribution is 2.26. The monoisotopic (exact) mass is 287 g/mol. The lowest BCUT2D eigenvalue weighted by Gasteiger charge is -2.22. The molecule has 0 aliphatic heterocycles. The molecule has 2 rings (SSSR count). The molecule has 0 aliphatic rings. The molecule has 1 aromatic carbocycles. The van der Waals surface area contributed by atoms with Crippen LogP contribution in [0.3, 0.4) is 0 Å². The summed E-state index contributed by atoms with van der Waals surface area (Å²) in [5.74, 6) is 7.91. The smallest absolute Gasteiger partial charge is 0.148 e. The van der Waals surface area contributed by atoms with Gasteiger partial charge in [-0.05, 0) is 12.5 Å². The average Bonchev–Trinajstić information content (AvgIpc) is 2.54. The number of anilines is 2. The van der Waals surface area contributed by atoms with E-state index in [0.717, 1.165) is 29.1 Å². The third kappa shape index (κ3) is 3.22. The molecule has 0 saturated heterocycles. The molecule has 1 heterocycles. The zero-order valence-electron chi connectivity index (χ0n) is 12.6. The highest BCUT2D eigenvalue weighted by Gasteiger charge is 2.14. The molecule has 0 bridgehead atoms. The van der Waals surface area contributed by atoms with Gasteiger partial charge in [-0.15, -0.1) is 0 Å². The van der Waals surface area contributed by atoms with Gasteiger partial charge in [-0.2, -0.15) is 0 Å². The number of methoxy groups -OCH3 is 1. The summed E-state index contributed by atoms with van der Waals surface area (Å²) >= 11 is 0. The average molecular weight is 287 g/mol. The van der Waals surface area contributed by atoms with E-state index in [1.54, 1.807) is 7.11 Å². The van der Waals surface area contributed by atoms with Crippen LogP contribution in [0.2, 0.25) is 0 Å². The Morgan fingerprint density at radius 1 is 1.29 bits per heavy atom. The number of hydrogen-bond acceptors (Lipinski definition) is 6. The first kappa shape index (κ1) is 15.1. The molecule has 112 valence electrons. The highest BCUT2D eigenvalue weighted by molar-refractivity contribution is 5.58. The standard InChI is InChI=1S/C15H21N5O/c1-4-12-14(19-16)17-10-18-15(12)20(2)9-11-7-5-6-8-13(11)21-3/h5-8,10H,4,9,16H2,1-3H3,(H,17,18,19). The summed E-state index contributed by atoms with van der Waals surface area (Å²) in [5, 5.41) is 0. The topological polar surface area (TPSA) is 76.3 Å². The number of nitrogens with zero attached hydrogens (tertiary/aromatic N) is 3. The van der Waals surface area contributed by atoms with E-state index >= 15 is 0 Å². The maximum absolute atomic E-state index is 5.51. The number of aromatic nitrogens is 2. The van der Waals surface area contributed by atoms with Crippen LogP contribution in [0, 0.1) is 0 Å². The molecule has 0 spiro atoms. The molecule has 6 heteroatoms. The van der Waals surface area contributed by atoms with Crippen LogP contribution >= 0.6 is 0 Å². The van der Waals surface area contributed by atoms with Gasteiger partial charge in [0.25, 0.3) is 0 Å². The summed E-state index contributed by atoms with van der Waals surface area (Å²) in [5.41, 5.74) is 4.73. The molecule has 1 aromatic heterocycles. The Kier molecular flexibility index (Phi) is 4.94. The lowest BCUT2D eigenvalue weighted by atomic mass is 10.1. The lowest BCUT2D eigenvalue weighted by molar-refractivity contribution is 0.409. The van der Waals surface area contributed by atoms with E-state index in [4.69, 9.17) is 10.6 Å². The van der Waals surface area contributed by atoms with E-state index < -0.39 is 0 Å². The van der Waals surface area contributed by atoms with Crippen LogP contribution < -0.4 is 20.9 Å². The molecular weight excluding hydrogens is 266 g/mol. The van der Waals surface area contributed by atoms with Gasteiger partial charge in [0, 0.05) is 24.7 Å². The van der Waals surface area contributed by atoms with Crippen LogP contribution in [0.4, 0.5) is 11.6 Å². The van der Waals surface area contributed by atoms with E-state index in [-0.39, 0.29) is 0 Å². The first-order chi connectivity index (χ1) is 10.2. The van der Waals surface area contributed by atoms with Crippen LogP contribution in [0.15, 0.2) is 30.6 Å². The number of benzene rings is 1. The number of nitrogens with two attached hydrogens (primary N) is 1. The third-order valence-corrected chi connectivity index (χ3v) is 3.37. The Bertz CT molecular complexity index is 602. The van der Waals surface area contributed by atoms with Crippen molar-refractivity contribution >= 4 is 11.6 Å². The van der Waals surface area contributed by atoms with Gasteiger partial charge in [-0.3, -0.25) is 0 Å². The molecule has 0 aliphatic carbocycles. The normalized spacial score (nSPS) is 10.3. The minimum absolute atomic E-state index is 0.661. The van der Waals surface area contributed by atoms with Crippen molar-refractivity contribution in [1.82, 2.24) is 9.97 Å². The molecule has 0 saturated carbocycles. The van der Waals surface area contributed by atoms with Gasteiger partial charge in [-0.25, -0.2) is 15.8 Å². The summed E-state index contributed by atoms with van der Waals surface area (Å²) in [6, 6.07) is 7.96. The lowest BCUT2D eigenvalue weighted by Crippen LogP contribution is -2.22. The minimum Gasteiger partial charge on any atom is -0.496 e. The third-order valence-electron chi connectivity index (χ3n) is 3.37. The van der Waals surface area contributed by atoms with Crippen molar-refractivity contribution in [3.8, 4) is 5.75 Å². The number of hydrazine groups is 1. The second kappa shape index (κ2) is 6.90. The zero-order chi connectivity index (χ0) is 15.2. The van der Waals surface area contributed by atoms with Crippen LogP contribution in [0.1, 0.15) is 18.1 Å².